The van der Waals surface area contributed by atoms with Crippen molar-refractivity contribution >= 4 is 46.8 Å². The second-order valence-electron chi connectivity index (χ2n) is 7.67. The van der Waals surface area contributed by atoms with Crippen molar-refractivity contribution in [1.82, 2.24) is 16.0 Å². The first kappa shape index (κ1) is 24.9. The van der Waals surface area contributed by atoms with Crippen molar-refractivity contribution in [2.45, 2.75) is 37.8 Å². The molecule has 4 N–H and O–H groups in total. The molecule has 2 aromatic rings. The largest absolute Gasteiger partial charge is 0.497 e. The smallest absolute Gasteiger partial charge is 0.234 e. The van der Waals surface area contributed by atoms with Crippen molar-refractivity contribution in [1.29, 1.82) is 0 Å². The zero-order chi connectivity index (χ0) is 23.8. The van der Waals surface area contributed by atoms with Gasteiger partial charge in [0.05, 0.1) is 12.9 Å². The number of benzene rings is 2. The number of hydrogen-bond acceptors (Lipinski definition) is 6. The minimum absolute atomic E-state index is 0.123. The first-order valence-electron chi connectivity index (χ1n) is 10.4. The molecule has 1 aliphatic rings. The maximum absolute atomic E-state index is 12.4. The molecule has 0 spiro atoms. The first-order chi connectivity index (χ1) is 15.8. The summed E-state index contributed by atoms with van der Waals surface area (Å²) in [6.45, 7) is 2.26. The Balaban J connectivity index is 1.43. The van der Waals surface area contributed by atoms with Gasteiger partial charge in [-0.05, 0) is 42.3 Å². The molecule has 0 radical (unpaired) electrons. The number of rotatable bonds is 9. The van der Waals surface area contributed by atoms with E-state index >= 15 is 0 Å². The number of nitrogens with one attached hydrogen (secondary N) is 4. The number of aryl methyl sites for hydroxylation is 1. The monoisotopic (exact) mass is 490 g/mol. The van der Waals surface area contributed by atoms with Crippen LogP contribution in [0.1, 0.15) is 24.0 Å². The van der Waals surface area contributed by atoms with Gasteiger partial charge in [-0.3, -0.25) is 19.7 Å². The highest BCUT2D eigenvalue weighted by Crippen LogP contribution is 2.21. The van der Waals surface area contributed by atoms with E-state index in [0.717, 1.165) is 16.9 Å². The molecule has 0 saturated carbocycles. The average molecular weight is 491 g/mol. The Bertz CT molecular complexity index is 1020. The van der Waals surface area contributed by atoms with E-state index in [4.69, 9.17) is 16.3 Å². The molecule has 1 saturated heterocycles. The molecule has 0 aliphatic carbocycles. The van der Waals surface area contributed by atoms with Crippen molar-refractivity contribution in [3.8, 4) is 5.75 Å². The highest BCUT2D eigenvalue weighted by molar-refractivity contribution is 8.00. The zero-order valence-electron chi connectivity index (χ0n) is 18.4. The van der Waals surface area contributed by atoms with Crippen molar-refractivity contribution in [2.24, 2.45) is 0 Å². The number of halogens is 1. The van der Waals surface area contributed by atoms with Gasteiger partial charge >= 0.3 is 0 Å². The quantitative estimate of drug-likeness (QED) is 0.430. The van der Waals surface area contributed by atoms with E-state index in [2.05, 4.69) is 21.3 Å². The molecular weight excluding hydrogens is 464 g/mol. The fraction of sp³-hybridized carbons (Fsp3) is 0.348. The van der Waals surface area contributed by atoms with Gasteiger partial charge < -0.3 is 20.7 Å². The van der Waals surface area contributed by atoms with Gasteiger partial charge in [-0.25, -0.2) is 0 Å². The van der Waals surface area contributed by atoms with E-state index in [1.54, 1.807) is 19.2 Å². The number of anilines is 1. The summed E-state index contributed by atoms with van der Waals surface area (Å²) in [6.07, 6.45) is 0.347. The molecule has 176 valence electrons. The summed E-state index contributed by atoms with van der Waals surface area (Å²) in [5.41, 5.74) is 2.00. The van der Waals surface area contributed by atoms with E-state index in [1.807, 2.05) is 37.3 Å². The molecule has 33 heavy (non-hydrogen) atoms. The van der Waals surface area contributed by atoms with E-state index in [9.17, 15) is 14.4 Å². The molecule has 1 heterocycles. The topological polar surface area (TPSA) is 109 Å². The fourth-order valence-electron chi connectivity index (χ4n) is 3.27. The third-order valence-electron chi connectivity index (χ3n) is 5.00. The van der Waals surface area contributed by atoms with Crippen LogP contribution >= 0.6 is 23.4 Å². The van der Waals surface area contributed by atoms with Crippen LogP contribution in [-0.2, 0) is 20.9 Å². The van der Waals surface area contributed by atoms with Crippen molar-refractivity contribution in [3.63, 3.8) is 0 Å². The van der Waals surface area contributed by atoms with E-state index < -0.39 is 5.50 Å². The molecular formula is C23H27ClN4O4S. The molecule has 10 heteroatoms. The lowest BCUT2D eigenvalue weighted by molar-refractivity contribution is -0.125. The Morgan fingerprint density at radius 3 is 2.79 bits per heavy atom. The number of hydrogen-bond donors (Lipinski definition) is 4. The Morgan fingerprint density at radius 1 is 1.21 bits per heavy atom. The highest BCUT2D eigenvalue weighted by atomic mass is 35.5. The molecule has 3 rings (SSSR count). The zero-order valence-corrected chi connectivity index (χ0v) is 20.0. The van der Waals surface area contributed by atoms with Crippen LogP contribution in [0.5, 0.6) is 5.75 Å². The molecule has 1 fully saturated rings. The minimum Gasteiger partial charge on any atom is -0.497 e. The van der Waals surface area contributed by atoms with Gasteiger partial charge in [0, 0.05) is 36.1 Å². The molecule has 1 aliphatic heterocycles. The SMILES string of the molecule is COc1cccc(CNC(=O)CC2CC(=O)NC(SCC(=O)Nc3ccc(C)c(Cl)c3)N2)c1. The maximum atomic E-state index is 12.4. The molecule has 2 unspecified atom stereocenters. The van der Waals surface area contributed by atoms with E-state index in [0.29, 0.717) is 17.3 Å². The second-order valence-corrected chi connectivity index (χ2v) is 9.17. The highest BCUT2D eigenvalue weighted by Gasteiger charge is 2.28. The molecule has 8 nitrogen and oxygen atoms in total. The van der Waals surface area contributed by atoms with Gasteiger partial charge in [0.2, 0.25) is 17.7 Å². The van der Waals surface area contributed by atoms with Crippen LogP contribution in [0.15, 0.2) is 42.5 Å². The second kappa shape index (κ2) is 11.9. The molecule has 0 aromatic heterocycles. The number of methoxy groups -OCH3 is 1. The lowest BCUT2D eigenvalue weighted by Gasteiger charge is -2.30. The van der Waals surface area contributed by atoms with Crippen LogP contribution in [0.25, 0.3) is 0 Å². The van der Waals surface area contributed by atoms with Gasteiger partial charge in [0.15, 0.2) is 0 Å². The van der Waals surface area contributed by atoms with Crippen molar-refractivity contribution < 1.29 is 19.1 Å². The van der Waals surface area contributed by atoms with Crippen LogP contribution in [0.4, 0.5) is 5.69 Å². The number of carbonyl (C=O) groups excluding carboxylic acids is 3. The van der Waals surface area contributed by atoms with Gasteiger partial charge in [0.25, 0.3) is 0 Å². The van der Waals surface area contributed by atoms with Gasteiger partial charge in [-0.1, -0.05) is 29.8 Å². The summed E-state index contributed by atoms with van der Waals surface area (Å²) in [7, 11) is 1.59. The van der Waals surface area contributed by atoms with Crippen molar-refractivity contribution in [2.75, 3.05) is 18.2 Å². The summed E-state index contributed by atoms with van der Waals surface area (Å²) in [5, 5.41) is 12.2. The Hall–Kier alpha value is -2.75. The third-order valence-corrected chi connectivity index (χ3v) is 6.43. The Morgan fingerprint density at radius 2 is 2.03 bits per heavy atom. The lowest BCUT2D eigenvalue weighted by atomic mass is 10.1. The number of carbonyl (C=O) groups is 3. The number of ether oxygens (including phenoxy) is 1. The lowest BCUT2D eigenvalue weighted by Crippen LogP contribution is -2.56. The summed E-state index contributed by atoms with van der Waals surface area (Å²) in [4.78, 5) is 36.7. The molecule has 2 atom stereocenters. The van der Waals surface area contributed by atoms with Gasteiger partial charge in [-0.15, -0.1) is 11.8 Å². The predicted octanol–water partition coefficient (Wildman–Crippen LogP) is 2.80. The van der Waals surface area contributed by atoms with E-state index in [1.165, 1.54) is 11.8 Å². The Labute approximate surface area is 202 Å². The normalized spacial score (nSPS) is 17.7. The van der Waals surface area contributed by atoms with Gasteiger partial charge in [-0.2, -0.15) is 0 Å². The van der Waals surface area contributed by atoms with Crippen LogP contribution in [0, 0.1) is 6.92 Å². The summed E-state index contributed by atoms with van der Waals surface area (Å²) in [5.74, 6) is 0.305. The van der Waals surface area contributed by atoms with Gasteiger partial charge in [0.1, 0.15) is 11.2 Å². The summed E-state index contributed by atoms with van der Waals surface area (Å²) < 4.78 is 5.19. The van der Waals surface area contributed by atoms with Crippen LogP contribution in [0.2, 0.25) is 5.02 Å². The fourth-order valence-corrected chi connectivity index (χ4v) is 4.34. The molecule has 0 bridgehead atoms. The first-order valence-corrected chi connectivity index (χ1v) is 11.9. The summed E-state index contributed by atoms with van der Waals surface area (Å²) >= 11 is 7.34. The third kappa shape index (κ3) is 7.96. The van der Waals surface area contributed by atoms with E-state index in [-0.39, 0.29) is 42.4 Å². The number of thioether (sulfide) groups is 1. The average Bonchev–Trinajstić information content (AvgIpc) is 2.78. The van der Waals surface area contributed by atoms with Crippen LogP contribution in [-0.4, -0.2) is 42.1 Å². The molecule has 3 amide bonds. The standard InChI is InChI=1S/C23H27ClN4O4S/c1-14-6-7-16(9-19(14)24)26-22(31)13-33-23-27-17(11-21(30)28-23)10-20(29)25-12-15-4-3-5-18(8-15)32-2/h3-9,17,23,27H,10-13H2,1-2H3,(H,25,29)(H,26,31)(H,28,30). The predicted molar refractivity (Wildman–Crippen MR) is 130 cm³/mol. The summed E-state index contributed by atoms with van der Waals surface area (Å²) in [6, 6.07) is 12.4. The minimum atomic E-state index is -0.463. The Kier molecular flexibility index (Phi) is 8.99. The van der Waals surface area contributed by atoms with Crippen LogP contribution < -0.4 is 26.0 Å². The van der Waals surface area contributed by atoms with Crippen molar-refractivity contribution in [3.05, 3.63) is 58.6 Å². The molecule has 2 aromatic carbocycles. The number of amides is 3. The maximum Gasteiger partial charge on any atom is 0.234 e. The van der Waals surface area contributed by atoms with Crippen LogP contribution in [0.3, 0.4) is 0 Å².